The number of aromatic nitrogens is 3. The van der Waals surface area contributed by atoms with Crippen LogP contribution in [0.25, 0.3) is 16.8 Å². The zero-order valence-corrected chi connectivity index (χ0v) is 18.9. The molecule has 5 rings (SSSR count). The lowest BCUT2D eigenvalue weighted by Gasteiger charge is -2.29. The molecule has 1 aromatic carbocycles. The first kappa shape index (κ1) is 21.8. The zero-order valence-electron chi connectivity index (χ0n) is 18.2. The highest BCUT2D eigenvalue weighted by atomic mass is 35.5. The molecule has 172 valence electrons. The first-order valence-corrected chi connectivity index (χ1v) is 11.2. The van der Waals surface area contributed by atoms with Crippen LogP contribution in [0.15, 0.2) is 43.0 Å². The van der Waals surface area contributed by atoms with Crippen LogP contribution in [-0.4, -0.2) is 62.7 Å². The number of carbonyl (C=O) groups is 1. The topological polar surface area (TPSA) is 104 Å². The van der Waals surface area contributed by atoms with E-state index in [9.17, 15) is 9.90 Å². The van der Waals surface area contributed by atoms with E-state index in [-0.39, 0.29) is 18.6 Å². The van der Waals surface area contributed by atoms with Gasteiger partial charge in [0.25, 0.3) is 5.91 Å². The number of hydrogen-bond donors (Lipinski definition) is 3. The van der Waals surface area contributed by atoms with Gasteiger partial charge in [0.05, 0.1) is 30.5 Å². The second kappa shape index (κ2) is 9.11. The van der Waals surface area contributed by atoms with Crippen molar-refractivity contribution in [2.45, 2.75) is 32.3 Å². The lowest BCUT2D eigenvalue weighted by Crippen LogP contribution is -2.48. The number of hydrogen-bond acceptors (Lipinski definition) is 7. The molecule has 1 unspecified atom stereocenters. The highest BCUT2D eigenvalue weighted by molar-refractivity contribution is 6.31. The van der Waals surface area contributed by atoms with Crippen LogP contribution < -0.4 is 10.6 Å². The Balaban J connectivity index is 1.53. The van der Waals surface area contributed by atoms with Crippen LogP contribution in [0.5, 0.6) is 0 Å². The van der Waals surface area contributed by atoms with Crippen molar-refractivity contribution in [1.82, 2.24) is 30.1 Å². The van der Waals surface area contributed by atoms with Crippen LogP contribution in [0.4, 0.5) is 0 Å². The van der Waals surface area contributed by atoms with Crippen molar-refractivity contribution in [2.24, 2.45) is 0 Å². The minimum atomic E-state index is -1.08. The van der Waals surface area contributed by atoms with Gasteiger partial charge in [0.15, 0.2) is 0 Å². The van der Waals surface area contributed by atoms with E-state index in [1.807, 2.05) is 31.3 Å². The summed E-state index contributed by atoms with van der Waals surface area (Å²) in [6.07, 6.45) is 5.91. The van der Waals surface area contributed by atoms with Crippen LogP contribution in [0.1, 0.15) is 16.7 Å². The number of carbonyl (C=O) groups excluding carboxylic acids is 1. The predicted octanol–water partition coefficient (Wildman–Crippen LogP) is 1.61. The van der Waals surface area contributed by atoms with Gasteiger partial charge in [-0.2, -0.15) is 5.10 Å². The molecule has 0 radical (unpaired) electrons. The van der Waals surface area contributed by atoms with Crippen molar-refractivity contribution in [1.29, 1.82) is 0 Å². The molecule has 10 heteroatoms. The third-order valence-electron chi connectivity index (χ3n) is 5.99. The molecule has 2 aliphatic heterocycles. The van der Waals surface area contributed by atoms with Crippen LogP contribution >= 0.6 is 11.6 Å². The van der Waals surface area contributed by atoms with Crippen molar-refractivity contribution < 1.29 is 14.6 Å². The van der Waals surface area contributed by atoms with Gasteiger partial charge < -0.3 is 20.5 Å². The molecule has 4 heterocycles. The van der Waals surface area contributed by atoms with E-state index in [1.165, 1.54) is 23.5 Å². The van der Waals surface area contributed by atoms with Crippen LogP contribution in [-0.2, 0) is 22.5 Å². The molecule has 2 aromatic heterocycles. The number of aliphatic hydroxyl groups is 1. The summed E-state index contributed by atoms with van der Waals surface area (Å²) in [5.41, 5.74) is 5.51. The highest BCUT2D eigenvalue weighted by Gasteiger charge is 2.24. The molecule has 2 atom stereocenters. The van der Waals surface area contributed by atoms with Gasteiger partial charge in [-0.3, -0.25) is 9.69 Å². The van der Waals surface area contributed by atoms with Gasteiger partial charge in [0.1, 0.15) is 6.33 Å². The van der Waals surface area contributed by atoms with Crippen molar-refractivity contribution in [3.05, 3.63) is 64.7 Å². The summed E-state index contributed by atoms with van der Waals surface area (Å²) in [7, 11) is 0. The van der Waals surface area contributed by atoms with Crippen LogP contribution in [0, 0.1) is 6.92 Å². The van der Waals surface area contributed by atoms with Crippen LogP contribution in [0.2, 0.25) is 5.02 Å². The number of fused-ring (bicyclic) bond motifs is 1. The monoisotopic (exact) mass is 468 g/mol. The van der Waals surface area contributed by atoms with E-state index in [0.717, 1.165) is 53.0 Å². The Hall–Kier alpha value is -2.98. The average molecular weight is 469 g/mol. The number of ether oxygens (including phenoxy) is 1. The first-order chi connectivity index (χ1) is 16.0. The summed E-state index contributed by atoms with van der Waals surface area (Å²) in [5.74, 6) is -0.267. The van der Waals surface area contributed by atoms with Gasteiger partial charge in [-0.05, 0) is 41.8 Å². The average Bonchev–Trinajstić information content (AvgIpc) is 3.22. The molecule has 33 heavy (non-hydrogen) atoms. The second-order valence-corrected chi connectivity index (χ2v) is 8.71. The Morgan fingerprint density at radius 2 is 2.21 bits per heavy atom. The van der Waals surface area contributed by atoms with Crippen molar-refractivity contribution in [2.75, 3.05) is 19.7 Å². The standard InChI is InChI=1S/C23H25ClN6O3/c1-14-6-16(24)8-19(18(14)9-17-10-25-4-5-33-17)22-20-7-15(12-30(20)28-13-27-22)11-29-21(31)2-3-26-23(29)32/h2-3,6-8,12-13,17,23,25-26,32H,4-5,9-11H2,1H3/t17-,23?/m1/s1. The van der Waals surface area contributed by atoms with Crippen LogP contribution in [0.3, 0.4) is 0 Å². The largest absolute Gasteiger partial charge is 0.375 e. The fourth-order valence-corrected chi connectivity index (χ4v) is 4.66. The molecule has 0 aliphatic carbocycles. The van der Waals surface area contributed by atoms with Crippen molar-refractivity contribution in [3.8, 4) is 11.3 Å². The quantitative estimate of drug-likeness (QED) is 0.522. The number of aryl methyl sites for hydroxylation is 1. The Bertz CT molecular complexity index is 1220. The molecule has 0 saturated carbocycles. The summed E-state index contributed by atoms with van der Waals surface area (Å²) >= 11 is 6.45. The highest BCUT2D eigenvalue weighted by Crippen LogP contribution is 2.33. The number of nitrogens with one attached hydrogen (secondary N) is 2. The number of aliphatic hydroxyl groups excluding tert-OH is 1. The maximum absolute atomic E-state index is 12.2. The molecule has 3 N–H and O–H groups in total. The predicted molar refractivity (Wildman–Crippen MR) is 123 cm³/mol. The number of halogens is 1. The minimum absolute atomic E-state index is 0.0738. The molecule has 0 bridgehead atoms. The molecular weight excluding hydrogens is 444 g/mol. The van der Waals surface area contributed by atoms with E-state index < -0.39 is 6.35 Å². The molecule has 3 aromatic rings. The number of amides is 1. The summed E-state index contributed by atoms with van der Waals surface area (Å²) in [4.78, 5) is 18.1. The van der Waals surface area contributed by atoms with Gasteiger partial charge in [0, 0.05) is 48.6 Å². The Kier molecular flexibility index (Phi) is 6.03. The normalized spacial score (nSPS) is 20.9. The van der Waals surface area contributed by atoms with Crippen molar-refractivity contribution >= 4 is 23.0 Å². The number of nitrogens with zero attached hydrogens (tertiary/aromatic N) is 4. The van der Waals surface area contributed by atoms with E-state index in [0.29, 0.717) is 11.6 Å². The molecule has 0 spiro atoms. The van der Waals surface area contributed by atoms with E-state index in [4.69, 9.17) is 16.3 Å². The van der Waals surface area contributed by atoms with Gasteiger partial charge >= 0.3 is 0 Å². The maximum Gasteiger partial charge on any atom is 0.251 e. The maximum atomic E-state index is 12.2. The summed E-state index contributed by atoms with van der Waals surface area (Å²) < 4.78 is 7.68. The molecule has 2 aliphatic rings. The first-order valence-electron chi connectivity index (χ1n) is 10.8. The third kappa shape index (κ3) is 4.45. The second-order valence-electron chi connectivity index (χ2n) is 8.28. The Morgan fingerprint density at radius 3 is 3.00 bits per heavy atom. The lowest BCUT2D eigenvalue weighted by molar-refractivity contribution is -0.140. The molecule has 9 nitrogen and oxygen atoms in total. The molecule has 1 saturated heterocycles. The van der Waals surface area contributed by atoms with Gasteiger partial charge in [-0.15, -0.1) is 0 Å². The van der Waals surface area contributed by atoms with Crippen molar-refractivity contribution in [3.63, 3.8) is 0 Å². The summed E-state index contributed by atoms with van der Waals surface area (Å²) in [5, 5.41) is 21.2. The molecule has 1 amide bonds. The fourth-order valence-electron chi connectivity index (χ4n) is 4.38. The number of rotatable bonds is 5. The van der Waals surface area contributed by atoms with E-state index >= 15 is 0 Å². The molecule has 1 fully saturated rings. The van der Waals surface area contributed by atoms with E-state index in [1.54, 1.807) is 4.52 Å². The van der Waals surface area contributed by atoms with Gasteiger partial charge in [-0.25, -0.2) is 9.50 Å². The molecular formula is C23H25ClN6O3. The Labute approximate surface area is 196 Å². The number of morpholine rings is 1. The third-order valence-corrected chi connectivity index (χ3v) is 6.21. The van der Waals surface area contributed by atoms with Gasteiger partial charge in [-0.1, -0.05) is 11.6 Å². The summed E-state index contributed by atoms with van der Waals surface area (Å²) in [6, 6.07) is 5.83. The smallest absolute Gasteiger partial charge is 0.251 e. The zero-order chi connectivity index (χ0) is 22.9. The fraction of sp³-hybridized carbons (Fsp3) is 0.348. The summed E-state index contributed by atoms with van der Waals surface area (Å²) in [6.45, 7) is 4.63. The van der Waals surface area contributed by atoms with Gasteiger partial charge in [0.2, 0.25) is 6.35 Å². The number of benzene rings is 1. The van der Waals surface area contributed by atoms with E-state index in [2.05, 4.69) is 20.7 Å². The SMILES string of the molecule is Cc1cc(Cl)cc(-c2ncnn3cc(CN4C(=O)C=CNC4O)cc23)c1C[C@@H]1CNCCO1. The lowest BCUT2D eigenvalue weighted by atomic mass is 9.94. The minimum Gasteiger partial charge on any atom is -0.375 e. The Morgan fingerprint density at radius 1 is 1.33 bits per heavy atom.